The van der Waals surface area contributed by atoms with Crippen LogP contribution in [0.25, 0.3) is 0 Å². The van der Waals surface area contributed by atoms with Crippen molar-refractivity contribution in [1.29, 1.82) is 0 Å². The lowest BCUT2D eigenvalue weighted by molar-refractivity contribution is 0.927. The molecule has 0 saturated carbocycles. The van der Waals surface area contributed by atoms with Crippen molar-refractivity contribution in [3.63, 3.8) is 0 Å². The van der Waals surface area contributed by atoms with Crippen molar-refractivity contribution < 1.29 is 0 Å². The SMILES string of the molecule is NCc1ccccc1C(c1ccccc1)c1ccccc1. The largest absolute Gasteiger partial charge is 0.326 e. The summed E-state index contributed by atoms with van der Waals surface area (Å²) >= 11 is 0. The lowest BCUT2D eigenvalue weighted by Gasteiger charge is -2.21. The van der Waals surface area contributed by atoms with Gasteiger partial charge in [0.15, 0.2) is 0 Å². The van der Waals surface area contributed by atoms with Crippen molar-refractivity contribution in [3.05, 3.63) is 107 Å². The number of hydrogen-bond acceptors (Lipinski definition) is 1. The molecule has 0 bridgehead atoms. The van der Waals surface area contributed by atoms with Crippen molar-refractivity contribution in [2.75, 3.05) is 0 Å². The van der Waals surface area contributed by atoms with Gasteiger partial charge in [-0.25, -0.2) is 0 Å². The molecule has 0 aliphatic rings. The number of rotatable bonds is 4. The zero-order chi connectivity index (χ0) is 14.5. The van der Waals surface area contributed by atoms with Gasteiger partial charge in [-0.3, -0.25) is 0 Å². The number of hydrogen-bond donors (Lipinski definition) is 1. The van der Waals surface area contributed by atoms with Crippen LogP contribution in [0.15, 0.2) is 84.9 Å². The number of nitrogens with two attached hydrogens (primary N) is 1. The Balaban J connectivity index is 2.17. The van der Waals surface area contributed by atoms with E-state index in [1.165, 1.54) is 22.3 Å². The van der Waals surface area contributed by atoms with E-state index in [1.54, 1.807) is 0 Å². The monoisotopic (exact) mass is 273 g/mol. The van der Waals surface area contributed by atoms with Crippen LogP contribution in [0.2, 0.25) is 0 Å². The second-order valence-electron chi connectivity index (χ2n) is 5.16. The predicted octanol–water partition coefficient (Wildman–Crippen LogP) is 4.33. The van der Waals surface area contributed by atoms with Crippen LogP contribution >= 0.6 is 0 Å². The van der Waals surface area contributed by atoms with Gasteiger partial charge in [-0.15, -0.1) is 0 Å². The van der Waals surface area contributed by atoms with Gasteiger partial charge in [0.25, 0.3) is 0 Å². The first-order chi connectivity index (χ1) is 10.4. The summed E-state index contributed by atoms with van der Waals surface area (Å²) < 4.78 is 0. The third kappa shape index (κ3) is 2.88. The molecule has 0 heterocycles. The Morgan fingerprint density at radius 3 is 1.62 bits per heavy atom. The molecule has 0 spiro atoms. The van der Waals surface area contributed by atoms with Gasteiger partial charge in [0.1, 0.15) is 0 Å². The van der Waals surface area contributed by atoms with Crippen LogP contribution in [0.5, 0.6) is 0 Å². The fourth-order valence-electron chi connectivity index (χ4n) is 2.84. The van der Waals surface area contributed by atoms with Crippen molar-refractivity contribution in [1.82, 2.24) is 0 Å². The minimum Gasteiger partial charge on any atom is -0.326 e. The van der Waals surface area contributed by atoms with E-state index in [2.05, 4.69) is 84.9 Å². The summed E-state index contributed by atoms with van der Waals surface area (Å²) in [5, 5.41) is 0. The Hall–Kier alpha value is -2.38. The first-order valence-corrected chi connectivity index (χ1v) is 7.28. The van der Waals surface area contributed by atoms with Crippen LogP contribution in [0, 0.1) is 0 Å². The molecule has 104 valence electrons. The summed E-state index contributed by atoms with van der Waals surface area (Å²) in [5.74, 6) is 0.229. The van der Waals surface area contributed by atoms with Crippen molar-refractivity contribution >= 4 is 0 Å². The molecular formula is C20H19N. The molecule has 1 nitrogen and oxygen atoms in total. The third-order valence-corrected chi connectivity index (χ3v) is 3.85. The van der Waals surface area contributed by atoms with Gasteiger partial charge in [-0.05, 0) is 22.3 Å². The number of benzene rings is 3. The lowest BCUT2D eigenvalue weighted by Crippen LogP contribution is -2.09. The zero-order valence-electron chi connectivity index (χ0n) is 11.9. The molecular weight excluding hydrogens is 254 g/mol. The van der Waals surface area contributed by atoms with Gasteiger partial charge in [0, 0.05) is 12.5 Å². The Bertz CT molecular complexity index is 650. The summed E-state index contributed by atoms with van der Waals surface area (Å²) in [6, 6.07) is 29.7. The van der Waals surface area contributed by atoms with Crippen molar-refractivity contribution in [2.24, 2.45) is 5.73 Å². The molecule has 0 aliphatic carbocycles. The highest BCUT2D eigenvalue weighted by Crippen LogP contribution is 2.33. The van der Waals surface area contributed by atoms with Crippen LogP contribution in [0.4, 0.5) is 0 Å². The average molecular weight is 273 g/mol. The zero-order valence-corrected chi connectivity index (χ0v) is 11.9. The molecule has 1 heteroatoms. The molecule has 0 aliphatic heterocycles. The van der Waals surface area contributed by atoms with Gasteiger partial charge < -0.3 is 5.73 Å². The average Bonchev–Trinajstić information content (AvgIpc) is 2.58. The van der Waals surface area contributed by atoms with Gasteiger partial charge in [-0.1, -0.05) is 84.9 Å². The maximum atomic E-state index is 5.94. The van der Waals surface area contributed by atoms with E-state index in [0.717, 1.165) is 0 Å². The van der Waals surface area contributed by atoms with Gasteiger partial charge in [-0.2, -0.15) is 0 Å². The first kappa shape index (κ1) is 13.6. The molecule has 0 radical (unpaired) electrons. The van der Waals surface area contributed by atoms with Gasteiger partial charge >= 0.3 is 0 Å². The topological polar surface area (TPSA) is 26.0 Å². The van der Waals surface area contributed by atoms with Crippen LogP contribution in [0.1, 0.15) is 28.2 Å². The highest BCUT2D eigenvalue weighted by Gasteiger charge is 2.18. The summed E-state index contributed by atoms with van der Waals surface area (Å²) in [6.45, 7) is 0.562. The van der Waals surface area contributed by atoms with Crippen molar-refractivity contribution in [2.45, 2.75) is 12.5 Å². The highest BCUT2D eigenvalue weighted by atomic mass is 14.5. The Kier molecular flexibility index (Phi) is 4.13. The summed E-state index contributed by atoms with van der Waals surface area (Å²) in [5.41, 5.74) is 11.0. The summed E-state index contributed by atoms with van der Waals surface area (Å²) in [4.78, 5) is 0. The quantitative estimate of drug-likeness (QED) is 0.704. The van der Waals surface area contributed by atoms with E-state index in [-0.39, 0.29) is 5.92 Å². The van der Waals surface area contributed by atoms with E-state index in [4.69, 9.17) is 5.73 Å². The molecule has 0 saturated heterocycles. The van der Waals surface area contributed by atoms with Gasteiger partial charge in [0.05, 0.1) is 0 Å². The van der Waals surface area contributed by atoms with Crippen molar-refractivity contribution in [3.8, 4) is 0 Å². The maximum Gasteiger partial charge on any atom is 0.0343 e. The third-order valence-electron chi connectivity index (χ3n) is 3.85. The second kappa shape index (κ2) is 6.38. The Morgan fingerprint density at radius 2 is 1.10 bits per heavy atom. The molecule has 0 aromatic heterocycles. The van der Waals surface area contributed by atoms with E-state index < -0.39 is 0 Å². The summed E-state index contributed by atoms with van der Waals surface area (Å²) in [7, 11) is 0. The fraction of sp³-hybridized carbons (Fsp3) is 0.100. The molecule has 0 atom stereocenters. The van der Waals surface area contributed by atoms with E-state index in [9.17, 15) is 0 Å². The standard InChI is InChI=1S/C20H19N/c21-15-18-13-7-8-14-19(18)20(16-9-3-1-4-10-16)17-11-5-2-6-12-17/h1-14,20H,15,21H2. The normalized spacial score (nSPS) is 10.8. The van der Waals surface area contributed by atoms with Crippen LogP contribution in [0.3, 0.4) is 0 Å². The molecule has 3 aromatic rings. The molecule has 0 unspecified atom stereocenters. The van der Waals surface area contributed by atoms with E-state index >= 15 is 0 Å². The molecule has 0 fully saturated rings. The molecule has 0 amide bonds. The van der Waals surface area contributed by atoms with E-state index in [1.807, 2.05) is 0 Å². The van der Waals surface area contributed by atoms with Crippen LogP contribution in [-0.4, -0.2) is 0 Å². The summed E-state index contributed by atoms with van der Waals surface area (Å²) in [6.07, 6.45) is 0. The second-order valence-corrected chi connectivity index (χ2v) is 5.16. The van der Waals surface area contributed by atoms with Crippen LogP contribution in [-0.2, 0) is 6.54 Å². The highest BCUT2D eigenvalue weighted by molar-refractivity contribution is 5.46. The Morgan fingerprint density at radius 1 is 0.619 bits per heavy atom. The molecule has 2 N–H and O–H groups in total. The smallest absolute Gasteiger partial charge is 0.0343 e. The van der Waals surface area contributed by atoms with E-state index in [0.29, 0.717) is 6.54 Å². The Labute approximate surface area is 126 Å². The maximum absolute atomic E-state index is 5.94. The molecule has 3 aromatic carbocycles. The minimum absolute atomic E-state index is 0.229. The fourth-order valence-corrected chi connectivity index (χ4v) is 2.84. The molecule has 3 rings (SSSR count). The van der Waals surface area contributed by atoms with Gasteiger partial charge in [0.2, 0.25) is 0 Å². The first-order valence-electron chi connectivity index (χ1n) is 7.28. The van der Waals surface area contributed by atoms with Crippen LogP contribution < -0.4 is 5.73 Å². The lowest BCUT2D eigenvalue weighted by atomic mass is 9.83. The minimum atomic E-state index is 0.229. The molecule has 21 heavy (non-hydrogen) atoms. The predicted molar refractivity (Wildman–Crippen MR) is 88.2 cm³/mol.